The molecule has 1 aliphatic heterocycles. The number of carbonyl (C=O) groups excluding carboxylic acids is 5. The number of likely N-dealkylation sites (tertiary alicyclic amines) is 1. The molecule has 1 fully saturated rings. The van der Waals surface area contributed by atoms with Gasteiger partial charge in [0.15, 0.2) is 0 Å². The van der Waals surface area contributed by atoms with Gasteiger partial charge in [-0.2, -0.15) is 12.6 Å². The third kappa shape index (κ3) is 11.9. The Labute approximate surface area is 359 Å². The number of nitrogens with two attached hydrogens (primary N) is 1. The highest BCUT2D eigenvalue weighted by atomic mass is 32.1. The summed E-state index contributed by atoms with van der Waals surface area (Å²) in [5, 5.41) is 21.8. The number of carboxylic acid groups (broad SMARTS) is 1. The van der Waals surface area contributed by atoms with Gasteiger partial charge in [0.1, 0.15) is 30.2 Å². The van der Waals surface area contributed by atoms with E-state index in [9.17, 15) is 33.9 Å². The molecule has 0 bridgehead atoms. The molecule has 2 heterocycles. The van der Waals surface area contributed by atoms with Gasteiger partial charge in [0.2, 0.25) is 29.5 Å². The number of nitrogens with zero attached hydrogens (tertiary/aromatic N) is 1. The number of para-hydroxylation sites is 1. The Hall–Kier alpha value is -6.45. The Kier molecular flexibility index (Phi) is 15.3. The largest absolute Gasteiger partial charge is 0.480 e. The van der Waals surface area contributed by atoms with Crippen LogP contribution in [0.15, 0.2) is 121 Å². The summed E-state index contributed by atoms with van der Waals surface area (Å²) in [4.78, 5) is 86.3. The van der Waals surface area contributed by atoms with Crippen LogP contribution in [0, 0.1) is 0 Å². The zero-order valence-corrected chi connectivity index (χ0v) is 34.4. The van der Waals surface area contributed by atoms with Gasteiger partial charge >= 0.3 is 5.97 Å². The fourth-order valence-corrected chi connectivity index (χ4v) is 7.83. The van der Waals surface area contributed by atoms with Crippen molar-refractivity contribution < 1.29 is 33.9 Å². The van der Waals surface area contributed by atoms with Gasteiger partial charge in [-0.3, -0.25) is 24.0 Å². The number of hydrogen-bond acceptors (Lipinski definition) is 8. The van der Waals surface area contributed by atoms with Crippen molar-refractivity contribution in [1.29, 1.82) is 0 Å². The lowest BCUT2D eigenvalue weighted by Crippen LogP contribution is -2.60. The molecule has 0 radical (unpaired) electrons. The minimum atomic E-state index is -1.22. The number of fused-ring (bicyclic) bond motifs is 1. The van der Waals surface area contributed by atoms with Gasteiger partial charge in [0.25, 0.3) is 0 Å². The van der Waals surface area contributed by atoms with Crippen LogP contribution in [0.5, 0.6) is 0 Å². The number of benzene rings is 4. The molecular formula is C46H51N7O7S. The van der Waals surface area contributed by atoms with Crippen molar-refractivity contribution in [3.8, 4) is 0 Å². The van der Waals surface area contributed by atoms with Crippen LogP contribution >= 0.6 is 12.6 Å². The van der Waals surface area contributed by atoms with Crippen LogP contribution < -0.4 is 27.0 Å². The normalized spacial score (nSPS) is 16.1. The lowest BCUT2D eigenvalue weighted by atomic mass is 10.0. The Balaban J connectivity index is 1.16. The van der Waals surface area contributed by atoms with Gasteiger partial charge in [-0.15, -0.1) is 0 Å². The molecule has 6 rings (SSSR count). The summed E-state index contributed by atoms with van der Waals surface area (Å²) in [6.07, 6.45) is 3.01. The quantitative estimate of drug-likeness (QED) is 0.0578. The summed E-state index contributed by atoms with van der Waals surface area (Å²) in [5.41, 5.74) is 10.4. The summed E-state index contributed by atoms with van der Waals surface area (Å²) in [7, 11) is 0. The highest BCUT2D eigenvalue weighted by molar-refractivity contribution is 7.80. The van der Waals surface area contributed by atoms with Crippen LogP contribution in [0.1, 0.15) is 35.1 Å². The molecule has 0 saturated carbocycles. The Morgan fingerprint density at radius 2 is 1.15 bits per heavy atom. The van der Waals surface area contributed by atoms with E-state index in [1.54, 1.807) is 48.5 Å². The van der Waals surface area contributed by atoms with Gasteiger partial charge in [-0.25, -0.2) is 4.79 Å². The molecule has 61 heavy (non-hydrogen) atoms. The first-order chi connectivity index (χ1) is 29.5. The second-order valence-corrected chi connectivity index (χ2v) is 15.6. The van der Waals surface area contributed by atoms with Crippen LogP contribution in [0.4, 0.5) is 0 Å². The average Bonchev–Trinajstić information content (AvgIpc) is 3.93. The maximum atomic E-state index is 14.2. The Bertz CT molecular complexity index is 2290. The molecule has 318 valence electrons. The number of rotatable bonds is 19. The number of aliphatic carboxylic acids is 1. The van der Waals surface area contributed by atoms with Crippen molar-refractivity contribution in [2.45, 2.75) is 74.8 Å². The molecule has 1 saturated heterocycles. The summed E-state index contributed by atoms with van der Waals surface area (Å²) in [5.74, 6) is -4.39. The van der Waals surface area contributed by atoms with Crippen molar-refractivity contribution >= 4 is 59.0 Å². The lowest BCUT2D eigenvalue weighted by Gasteiger charge is -2.30. The first kappa shape index (κ1) is 44.1. The fraction of sp³-hybridized carbons (Fsp3) is 0.304. The number of aromatic nitrogens is 1. The highest BCUT2D eigenvalue weighted by Crippen LogP contribution is 2.21. The van der Waals surface area contributed by atoms with Crippen molar-refractivity contribution in [3.05, 3.63) is 144 Å². The second kappa shape index (κ2) is 21.2. The summed E-state index contributed by atoms with van der Waals surface area (Å²) >= 11 is 4.39. The van der Waals surface area contributed by atoms with Crippen molar-refractivity contribution in [2.75, 3.05) is 12.3 Å². The SMILES string of the molecule is N[C@@H](Cc1c[nH]c2ccccc12)C(=O)N[C@@H](Cc1ccccc1)C(=O)N[C@@H](Cc1ccccc1)C(=O)N[C@@H](CS)C(=O)N1CCC[C@H]1C(=O)N[C@@H](Cc1ccccc1)C(=O)O. The van der Waals surface area contributed by atoms with Crippen molar-refractivity contribution in [3.63, 3.8) is 0 Å². The number of amides is 5. The maximum Gasteiger partial charge on any atom is 0.326 e. The summed E-state index contributed by atoms with van der Waals surface area (Å²) < 4.78 is 0. The van der Waals surface area contributed by atoms with E-state index in [2.05, 4.69) is 38.9 Å². The van der Waals surface area contributed by atoms with Crippen LogP contribution in [0.25, 0.3) is 10.9 Å². The van der Waals surface area contributed by atoms with Gasteiger partial charge in [-0.05, 0) is 47.6 Å². The average molecular weight is 846 g/mol. The first-order valence-electron chi connectivity index (χ1n) is 20.3. The smallest absolute Gasteiger partial charge is 0.326 e. The number of hydrogen-bond donors (Lipinski definition) is 8. The number of aromatic amines is 1. The fourth-order valence-electron chi connectivity index (χ4n) is 7.58. The topological polar surface area (TPSA) is 216 Å². The van der Waals surface area contributed by atoms with Crippen LogP contribution in [-0.2, 0) is 54.5 Å². The predicted molar refractivity (Wildman–Crippen MR) is 234 cm³/mol. The van der Waals surface area contributed by atoms with Crippen LogP contribution in [0.3, 0.4) is 0 Å². The zero-order valence-electron chi connectivity index (χ0n) is 33.5. The standard InChI is InChI=1S/C46H51N7O7S/c47-34(26-32-27-48-35-20-11-10-19-33(32)35)41(54)49-36(23-29-13-4-1-5-14-29)42(55)50-37(24-30-15-6-2-7-16-30)43(56)52-39(28-61)45(58)53-22-12-21-40(53)44(57)51-38(46(59)60)25-31-17-8-3-9-18-31/h1-11,13-20,27,34,36-40,48,61H,12,21-26,28,47H2,(H,49,54)(H,50,55)(H,51,57)(H,52,56)(H,59,60)/t34-,36-,37-,38-,39-,40-/m0/s1. The molecule has 14 nitrogen and oxygen atoms in total. The molecule has 15 heteroatoms. The monoisotopic (exact) mass is 845 g/mol. The minimum Gasteiger partial charge on any atom is -0.480 e. The molecule has 1 aromatic heterocycles. The molecule has 1 aliphatic rings. The minimum absolute atomic E-state index is 0.0463. The van der Waals surface area contributed by atoms with E-state index in [-0.39, 0.29) is 38.0 Å². The molecular weight excluding hydrogens is 795 g/mol. The van der Waals surface area contributed by atoms with E-state index < -0.39 is 71.8 Å². The van der Waals surface area contributed by atoms with E-state index in [1.807, 2.05) is 72.9 Å². The summed E-state index contributed by atoms with van der Waals surface area (Å²) in [6, 6.07) is 28.0. The number of carbonyl (C=O) groups is 6. The molecule has 0 unspecified atom stereocenters. The molecule has 6 atom stereocenters. The lowest BCUT2D eigenvalue weighted by molar-refractivity contribution is -0.144. The predicted octanol–water partition coefficient (Wildman–Crippen LogP) is 2.71. The van der Waals surface area contributed by atoms with Gasteiger partial charge in [0.05, 0.1) is 6.04 Å². The third-order valence-corrected chi connectivity index (χ3v) is 11.2. The maximum absolute atomic E-state index is 14.2. The number of carboxylic acids is 1. The Morgan fingerprint density at radius 3 is 1.69 bits per heavy atom. The van der Waals surface area contributed by atoms with Crippen molar-refractivity contribution in [1.82, 2.24) is 31.2 Å². The molecule has 5 amide bonds. The van der Waals surface area contributed by atoms with E-state index in [1.165, 1.54) is 4.90 Å². The third-order valence-electron chi connectivity index (χ3n) is 10.8. The van der Waals surface area contributed by atoms with E-state index in [0.717, 1.165) is 33.2 Å². The Morgan fingerprint density at radius 1 is 0.656 bits per heavy atom. The molecule has 0 aliphatic carbocycles. The molecule has 5 aromatic rings. The number of nitrogens with one attached hydrogen (secondary N) is 5. The zero-order chi connectivity index (χ0) is 43.3. The van der Waals surface area contributed by atoms with Crippen LogP contribution in [-0.4, -0.2) is 99.0 Å². The highest BCUT2D eigenvalue weighted by Gasteiger charge is 2.39. The number of thiol groups is 1. The van der Waals surface area contributed by atoms with Gasteiger partial charge in [0, 0.05) is 48.7 Å². The van der Waals surface area contributed by atoms with Crippen LogP contribution in [0.2, 0.25) is 0 Å². The molecule has 8 N–H and O–H groups in total. The van der Waals surface area contributed by atoms with E-state index >= 15 is 0 Å². The summed E-state index contributed by atoms with van der Waals surface area (Å²) in [6.45, 7) is 0.209. The van der Waals surface area contributed by atoms with Crippen molar-refractivity contribution in [2.24, 2.45) is 5.73 Å². The van der Waals surface area contributed by atoms with E-state index in [4.69, 9.17) is 5.73 Å². The first-order valence-corrected chi connectivity index (χ1v) is 20.9. The number of H-pyrrole nitrogens is 1. The molecule has 0 spiro atoms. The second-order valence-electron chi connectivity index (χ2n) is 15.2. The molecule has 4 aromatic carbocycles. The van der Waals surface area contributed by atoms with Gasteiger partial charge in [-0.1, -0.05) is 109 Å². The van der Waals surface area contributed by atoms with Gasteiger partial charge < -0.3 is 42.0 Å². The van der Waals surface area contributed by atoms with E-state index in [0.29, 0.717) is 12.8 Å².